The van der Waals surface area contributed by atoms with Crippen molar-refractivity contribution in [1.29, 1.82) is 0 Å². The van der Waals surface area contributed by atoms with Crippen LogP contribution in [-0.2, 0) is 11.8 Å². The van der Waals surface area contributed by atoms with Crippen LogP contribution in [0.1, 0.15) is 78.0 Å². The van der Waals surface area contributed by atoms with E-state index < -0.39 is 80.0 Å². The van der Waals surface area contributed by atoms with Crippen LogP contribution in [0.25, 0.3) is 16.8 Å². The van der Waals surface area contributed by atoms with Gasteiger partial charge < -0.3 is 20.3 Å². The number of phenols is 3. The lowest BCUT2D eigenvalue weighted by Crippen LogP contribution is -2.36. The summed E-state index contributed by atoms with van der Waals surface area (Å²) < 4.78 is 0. The molecule has 0 bridgehead atoms. The zero-order chi connectivity index (χ0) is 28.7. The first kappa shape index (κ1) is 25.2. The molecule has 3 aliphatic carbocycles. The zero-order valence-corrected chi connectivity index (χ0v) is 21.4. The molecule has 0 aliphatic heterocycles. The van der Waals surface area contributed by atoms with Crippen molar-refractivity contribution >= 4 is 45.7 Å². The fourth-order valence-electron chi connectivity index (χ4n) is 6.26. The lowest BCUT2D eigenvalue weighted by Gasteiger charge is -2.22. The van der Waals surface area contributed by atoms with Crippen LogP contribution in [-0.4, -0.2) is 56.2 Å². The van der Waals surface area contributed by atoms with Gasteiger partial charge in [-0.1, -0.05) is 24.3 Å². The number of aromatic nitrogens is 1. The van der Waals surface area contributed by atoms with E-state index in [0.717, 1.165) is 0 Å². The Morgan fingerprint density at radius 1 is 0.900 bits per heavy atom. The van der Waals surface area contributed by atoms with E-state index in [1.807, 2.05) is 13.0 Å². The Morgan fingerprint density at radius 3 is 2.23 bits per heavy atom. The van der Waals surface area contributed by atoms with Crippen molar-refractivity contribution in [3.8, 4) is 17.2 Å². The minimum Gasteiger partial charge on any atom is -0.507 e. The van der Waals surface area contributed by atoms with Gasteiger partial charge >= 0.3 is 0 Å². The summed E-state index contributed by atoms with van der Waals surface area (Å²) in [6.45, 7) is 1.84. The van der Waals surface area contributed by atoms with Crippen LogP contribution in [0, 0.1) is 0 Å². The van der Waals surface area contributed by atoms with Gasteiger partial charge in [-0.05, 0) is 42.9 Å². The minimum atomic E-state index is -2.06. The van der Waals surface area contributed by atoms with E-state index in [1.54, 1.807) is 30.4 Å². The van der Waals surface area contributed by atoms with E-state index >= 15 is 0 Å². The summed E-state index contributed by atoms with van der Waals surface area (Å²) in [6.07, 6.45) is 6.63. The fourth-order valence-corrected chi connectivity index (χ4v) is 6.26. The molecule has 4 N–H and O–H groups in total. The maximum atomic E-state index is 14.0. The molecule has 0 unspecified atom stereocenters. The average Bonchev–Trinajstić information content (AvgIpc) is 3.40. The Labute approximate surface area is 226 Å². The van der Waals surface area contributed by atoms with E-state index in [0.29, 0.717) is 16.6 Å². The fraction of sp³-hybridized carbons (Fsp3) is 0.200. The van der Waals surface area contributed by atoms with Crippen molar-refractivity contribution in [2.75, 3.05) is 7.05 Å². The second kappa shape index (κ2) is 8.44. The molecular formula is C30H22N2O8. The number of allylic oxidation sites excluding steroid dienone is 3. The number of rotatable bonds is 2. The van der Waals surface area contributed by atoms with E-state index in [4.69, 9.17) is 0 Å². The highest BCUT2D eigenvalue weighted by atomic mass is 16.3. The molecule has 6 rings (SSSR count). The highest BCUT2D eigenvalue weighted by molar-refractivity contribution is 6.54. The Balaban J connectivity index is 1.60. The van der Waals surface area contributed by atoms with Gasteiger partial charge in [0.1, 0.15) is 22.7 Å². The number of fused-ring (bicyclic) bond motifs is 5. The lowest BCUT2D eigenvalue weighted by molar-refractivity contribution is 0.0790. The van der Waals surface area contributed by atoms with Gasteiger partial charge in [0, 0.05) is 18.3 Å². The number of hydrogen-bond donors (Lipinski definition) is 4. The third kappa shape index (κ3) is 2.98. The molecule has 200 valence electrons. The van der Waals surface area contributed by atoms with E-state index in [9.17, 15) is 39.3 Å². The summed E-state index contributed by atoms with van der Waals surface area (Å²) >= 11 is 0. The van der Waals surface area contributed by atoms with E-state index in [1.165, 1.54) is 7.05 Å². The van der Waals surface area contributed by atoms with Gasteiger partial charge in [0.15, 0.2) is 17.3 Å². The number of nitrogens with zero attached hydrogens (tertiary/aromatic N) is 1. The largest absolute Gasteiger partial charge is 0.507 e. The van der Waals surface area contributed by atoms with Crippen molar-refractivity contribution in [1.82, 2.24) is 4.98 Å². The van der Waals surface area contributed by atoms with Crippen LogP contribution in [0.4, 0.5) is 0 Å². The van der Waals surface area contributed by atoms with Crippen molar-refractivity contribution in [2.45, 2.75) is 31.6 Å². The molecule has 3 aliphatic rings. The number of aryl methyl sites for hydroxylation is 1. The molecule has 1 heterocycles. The Hall–Kier alpha value is -5.12. The Kier molecular flexibility index (Phi) is 5.31. The monoisotopic (exact) mass is 538 g/mol. The molecule has 0 saturated carbocycles. The van der Waals surface area contributed by atoms with Crippen LogP contribution in [0.5, 0.6) is 17.2 Å². The van der Waals surface area contributed by atoms with Crippen molar-refractivity contribution in [3.05, 3.63) is 79.8 Å². The highest BCUT2D eigenvalue weighted by Gasteiger charge is 2.61. The van der Waals surface area contributed by atoms with Gasteiger partial charge in [-0.3, -0.25) is 29.0 Å². The first-order valence-electron chi connectivity index (χ1n) is 12.5. The average molecular weight is 539 g/mol. The number of hydrogen-bond acceptors (Lipinski definition) is 9. The molecule has 0 saturated heterocycles. The van der Waals surface area contributed by atoms with Gasteiger partial charge in [-0.25, -0.2) is 0 Å². The number of pyridine rings is 1. The van der Waals surface area contributed by atoms with Gasteiger partial charge in [-0.15, -0.1) is 0 Å². The normalized spacial score (nSPS) is 21.0. The zero-order valence-electron chi connectivity index (χ0n) is 21.4. The number of Topliss-reactive ketones (excluding diaryl/α,β-unsaturated/α-hetero) is 4. The second-order valence-electron chi connectivity index (χ2n) is 10.0. The second-order valence-corrected chi connectivity index (χ2v) is 10.0. The topological polar surface area (TPSA) is 174 Å². The first-order valence-corrected chi connectivity index (χ1v) is 12.5. The third-order valence-electron chi connectivity index (χ3n) is 8.03. The van der Waals surface area contributed by atoms with Crippen molar-refractivity contribution in [2.24, 2.45) is 4.99 Å². The number of aromatic hydroxyl groups is 3. The molecule has 2 aromatic carbocycles. The van der Waals surface area contributed by atoms with E-state index in [-0.39, 0.29) is 29.5 Å². The summed E-state index contributed by atoms with van der Waals surface area (Å²) in [5, 5.41) is 33.9. The summed E-state index contributed by atoms with van der Waals surface area (Å²) in [7, 11) is 1.30. The molecule has 1 spiro atoms. The van der Waals surface area contributed by atoms with E-state index in [2.05, 4.69) is 9.98 Å². The number of H-pyrrole nitrogens is 1. The smallest absolute Gasteiger partial charge is 0.260 e. The summed E-state index contributed by atoms with van der Waals surface area (Å²) in [4.78, 5) is 73.3. The summed E-state index contributed by atoms with van der Waals surface area (Å²) in [5.74, 6) is -5.73. The number of carbonyl (C=O) groups is 4. The summed E-state index contributed by atoms with van der Waals surface area (Å²) in [6, 6.07) is 3.29. The predicted octanol–water partition coefficient (Wildman–Crippen LogP) is 3.34. The van der Waals surface area contributed by atoms with Gasteiger partial charge in [0.2, 0.25) is 5.78 Å². The number of benzene rings is 2. The standard InChI is InChI=1S/C30H22N2O8/c1-3-4-5-6-14-10-13-9-12-7-8-30(22(12)26(37)17(13)29(40)32-14)27(38)20-21(28(30)39)25(36)19-18(24(20)35)16(33)11-15(31-2)23(19)34/h3-6,9-10,35-37H,7-8,11H2,1-2H3,(H,32,40)/t30-/m0/s1. The Morgan fingerprint density at radius 2 is 1.57 bits per heavy atom. The number of aromatic amines is 1. The number of nitrogens with one attached hydrogen (secondary N) is 1. The van der Waals surface area contributed by atoms with Crippen LogP contribution in [0.15, 0.2) is 40.1 Å². The molecule has 1 aromatic heterocycles. The quantitative estimate of drug-likeness (QED) is 0.218. The Bertz CT molecular complexity index is 1920. The third-order valence-corrected chi connectivity index (χ3v) is 8.03. The van der Waals surface area contributed by atoms with Gasteiger partial charge in [0.25, 0.3) is 5.56 Å². The number of phenolic OH excluding ortho intramolecular Hbond substituents is 3. The maximum absolute atomic E-state index is 14.0. The number of carbonyl (C=O) groups excluding carboxylic acids is 4. The van der Waals surface area contributed by atoms with Crippen LogP contribution >= 0.6 is 0 Å². The molecule has 0 radical (unpaired) electrons. The lowest BCUT2D eigenvalue weighted by atomic mass is 9.76. The van der Waals surface area contributed by atoms with Crippen LogP contribution < -0.4 is 5.56 Å². The van der Waals surface area contributed by atoms with Crippen LogP contribution in [0.2, 0.25) is 0 Å². The molecule has 10 nitrogen and oxygen atoms in total. The molecule has 1 atom stereocenters. The highest BCUT2D eigenvalue weighted by Crippen LogP contribution is 2.57. The summed E-state index contributed by atoms with van der Waals surface area (Å²) in [5.41, 5.74) is -4.30. The SMILES string of the molecule is CC=CC=Cc1cc2cc3c(c(O)c2c(=O)[nH]1)[C@@]1(CC3)C(=O)c2c(O)c3c(c(O)c2C1=O)C(=O)C(=NC)CC3=O. The van der Waals surface area contributed by atoms with Crippen molar-refractivity contribution < 1.29 is 34.5 Å². The van der Waals surface area contributed by atoms with Crippen molar-refractivity contribution in [3.63, 3.8) is 0 Å². The maximum Gasteiger partial charge on any atom is 0.260 e. The van der Waals surface area contributed by atoms with Crippen LogP contribution in [0.3, 0.4) is 0 Å². The van der Waals surface area contributed by atoms with Gasteiger partial charge in [0.05, 0.1) is 39.8 Å². The molecule has 3 aromatic rings. The molecule has 10 heteroatoms. The molecular weight excluding hydrogens is 516 g/mol. The molecule has 40 heavy (non-hydrogen) atoms. The predicted molar refractivity (Wildman–Crippen MR) is 145 cm³/mol. The number of aliphatic imine (C=N–C) groups is 1. The number of ketones is 4. The van der Waals surface area contributed by atoms with Gasteiger partial charge in [-0.2, -0.15) is 0 Å². The molecule has 0 fully saturated rings. The minimum absolute atomic E-state index is 0.0841. The first-order chi connectivity index (χ1) is 19.1. The molecule has 0 amide bonds.